The molecule has 27 heavy (non-hydrogen) atoms. The molecule has 0 aromatic heterocycles. The molecular weight excluding hydrogens is 477 g/mol. The van der Waals surface area contributed by atoms with Crippen molar-refractivity contribution in [3.05, 3.63) is 48.5 Å². The Morgan fingerprint density at radius 1 is 1.15 bits per heavy atom. The first kappa shape index (κ1) is 23.2. The highest BCUT2D eigenvalue weighted by Crippen LogP contribution is 2.30. The van der Waals surface area contributed by atoms with E-state index in [2.05, 4.69) is 15.6 Å². The third-order valence-corrected chi connectivity index (χ3v) is 4.91. The lowest BCUT2D eigenvalue weighted by Gasteiger charge is -2.14. The molecule has 0 aliphatic rings. The van der Waals surface area contributed by atoms with Crippen LogP contribution >= 0.6 is 24.0 Å². The molecule has 0 fully saturated rings. The summed E-state index contributed by atoms with van der Waals surface area (Å²) in [5.74, 6) is 2.44. The average molecular weight is 503 g/mol. The summed E-state index contributed by atoms with van der Waals surface area (Å²) in [5, 5.41) is 6.36. The molecule has 1 atom stereocenters. The van der Waals surface area contributed by atoms with Crippen molar-refractivity contribution in [2.45, 2.75) is 11.8 Å². The molecule has 0 aliphatic carbocycles. The molecule has 2 rings (SSSR count). The second-order valence-corrected chi connectivity index (χ2v) is 6.86. The summed E-state index contributed by atoms with van der Waals surface area (Å²) in [7, 11) is 2.25. The highest BCUT2D eigenvalue weighted by Gasteiger charge is 2.08. The maximum Gasteiger partial charge on any atom is 0.195 e. The minimum Gasteiger partial charge on any atom is -0.493 e. The molecule has 2 N–H and O–H groups in total. The fourth-order valence-corrected chi connectivity index (χ4v) is 3.27. The molecule has 0 amide bonds. The smallest absolute Gasteiger partial charge is 0.195 e. The molecule has 0 bridgehead atoms. The number of nitrogens with zero attached hydrogens (tertiary/aromatic N) is 1. The van der Waals surface area contributed by atoms with Gasteiger partial charge in [0.25, 0.3) is 0 Å². The minimum atomic E-state index is -1.04. The van der Waals surface area contributed by atoms with Gasteiger partial charge in [-0.15, -0.1) is 24.0 Å². The van der Waals surface area contributed by atoms with Crippen molar-refractivity contribution in [2.24, 2.45) is 4.99 Å². The van der Waals surface area contributed by atoms with Crippen LogP contribution < -0.4 is 20.1 Å². The van der Waals surface area contributed by atoms with Crippen LogP contribution in [0, 0.1) is 0 Å². The maximum absolute atomic E-state index is 12.2. The lowest BCUT2D eigenvalue weighted by atomic mass is 10.2. The van der Waals surface area contributed by atoms with Gasteiger partial charge in [0.2, 0.25) is 0 Å². The summed E-state index contributed by atoms with van der Waals surface area (Å²) in [6.07, 6.45) is 0. The van der Waals surface area contributed by atoms with Gasteiger partial charge >= 0.3 is 0 Å². The van der Waals surface area contributed by atoms with Gasteiger partial charge in [-0.25, -0.2) is 0 Å². The van der Waals surface area contributed by atoms with Gasteiger partial charge < -0.3 is 20.1 Å². The normalized spacial score (nSPS) is 11.9. The molecule has 0 saturated carbocycles. The molecule has 1 unspecified atom stereocenters. The molecule has 0 radical (unpaired) electrons. The Labute approximate surface area is 180 Å². The van der Waals surface area contributed by atoms with E-state index in [1.165, 1.54) is 0 Å². The second-order valence-electron chi connectivity index (χ2n) is 5.29. The first-order chi connectivity index (χ1) is 12.7. The van der Waals surface area contributed by atoms with E-state index in [-0.39, 0.29) is 24.0 Å². The van der Waals surface area contributed by atoms with Crippen LogP contribution in [0.5, 0.6) is 11.5 Å². The summed E-state index contributed by atoms with van der Waals surface area (Å²) in [6.45, 7) is 3.04. The minimum absolute atomic E-state index is 0. The SMILES string of the molecule is CCOc1ccc(NC(=NC)NCCS(=O)c2ccccc2)cc1OC.I. The van der Waals surface area contributed by atoms with Gasteiger partial charge in [-0.05, 0) is 31.2 Å². The number of rotatable bonds is 8. The predicted octanol–water partition coefficient (Wildman–Crippen LogP) is 3.51. The number of ether oxygens (including phenoxy) is 2. The van der Waals surface area contributed by atoms with Gasteiger partial charge in [-0.3, -0.25) is 9.20 Å². The number of nitrogens with one attached hydrogen (secondary N) is 2. The van der Waals surface area contributed by atoms with Crippen molar-refractivity contribution in [2.75, 3.05) is 38.4 Å². The quantitative estimate of drug-likeness (QED) is 0.328. The number of methoxy groups -OCH3 is 1. The van der Waals surface area contributed by atoms with E-state index in [9.17, 15) is 4.21 Å². The Kier molecular flexibility index (Phi) is 10.8. The molecule has 0 aliphatic heterocycles. The number of anilines is 1. The Morgan fingerprint density at radius 3 is 2.52 bits per heavy atom. The average Bonchev–Trinajstić information content (AvgIpc) is 2.68. The zero-order valence-electron chi connectivity index (χ0n) is 15.7. The van der Waals surface area contributed by atoms with Gasteiger partial charge in [-0.1, -0.05) is 18.2 Å². The van der Waals surface area contributed by atoms with Crippen LogP contribution in [0.1, 0.15) is 6.92 Å². The highest BCUT2D eigenvalue weighted by molar-refractivity contribution is 14.0. The van der Waals surface area contributed by atoms with Gasteiger partial charge in [-0.2, -0.15) is 0 Å². The molecule has 0 spiro atoms. The van der Waals surface area contributed by atoms with Crippen LogP contribution in [0.15, 0.2) is 58.4 Å². The summed E-state index contributed by atoms with van der Waals surface area (Å²) < 4.78 is 23.1. The third-order valence-electron chi connectivity index (χ3n) is 3.54. The zero-order chi connectivity index (χ0) is 18.8. The maximum atomic E-state index is 12.2. The Morgan fingerprint density at radius 2 is 1.89 bits per heavy atom. The van der Waals surface area contributed by atoms with Crippen LogP contribution in [-0.4, -0.2) is 43.2 Å². The summed E-state index contributed by atoms with van der Waals surface area (Å²) in [6, 6.07) is 15.0. The molecular formula is C19H26IN3O3S. The van der Waals surface area contributed by atoms with E-state index in [1.807, 2.05) is 55.5 Å². The Hall–Kier alpha value is -1.81. The second kappa shape index (κ2) is 12.6. The van der Waals surface area contributed by atoms with E-state index in [4.69, 9.17) is 9.47 Å². The number of halogens is 1. The summed E-state index contributed by atoms with van der Waals surface area (Å²) >= 11 is 0. The first-order valence-corrected chi connectivity index (χ1v) is 9.71. The number of benzene rings is 2. The van der Waals surface area contributed by atoms with Gasteiger partial charge in [0, 0.05) is 36.0 Å². The lowest BCUT2D eigenvalue weighted by Crippen LogP contribution is -2.33. The van der Waals surface area contributed by atoms with E-state index in [0.29, 0.717) is 36.4 Å². The molecule has 6 nitrogen and oxygen atoms in total. The number of hydrogen-bond donors (Lipinski definition) is 2. The number of guanidine groups is 1. The van der Waals surface area contributed by atoms with Gasteiger partial charge in [0.05, 0.1) is 24.5 Å². The van der Waals surface area contributed by atoms with Crippen molar-refractivity contribution in [3.8, 4) is 11.5 Å². The van der Waals surface area contributed by atoms with Crippen molar-refractivity contribution in [1.29, 1.82) is 0 Å². The molecule has 0 saturated heterocycles. The van der Waals surface area contributed by atoms with Crippen LogP contribution in [0.3, 0.4) is 0 Å². The Balaban J connectivity index is 0.00000364. The van der Waals surface area contributed by atoms with Crippen molar-refractivity contribution < 1.29 is 13.7 Å². The van der Waals surface area contributed by atoms with Crippen LogP contribution in [0.2, 0.25) is 0 Å². The highest BCUT2D eigenvalue weighted by atomic mass is 127. The van der Waals surface area contributed by atoms with Crippen molar-refractivity contribution >= 4 is 46.4 Å². The molecule has 148 valence electrons. The standard InChI is InChI=1S/C19H25N3O3S.HI/c1-4-25-17-11-10-15(14-18(17)24-3)22-19(20-2)21-12-13-26(23)16-8-6-5-7-9-16;/h5-11,14H,4,12-13H2,1-3H3,(H2,20,21,22);1H. The molecule has 2 aromatic carbocycles. The van der Waals surface area contributed by atoms with Gasteiger partial charge in [0.15, 0.2) is 17.5 Å². The summed E-state index contributed by atoms with van der Waals surface area (Å²) in [4.78, 5) is 5.02. The van der Waals surface area contributed by atoms with E-state index in [0.717, 1.165) is 10.6 Å². The van der Waals surface area contributed by atoms with Crippen LogP contribution in [0.25, 0.3) is 0 Å². The molecule has 0 heterocycles. The Bertz CT molecular complexity index is 757. The first-order valence-electron chi connectivity index (χ1n) is 8.39. The monoisotopic (exact) mass is 503 g/mol. The van der Waals surface area contributed by atoms with Crippen LogP contribution in [0.4, 0.5) is 5.69 Å². The van der Waals surface area contributed by atoms with E-state index < -0.39 is 10.8 Å². The fraction of sp³-hybridized carbons (Fsp3) is 0.316. The van der Waals surface area contributed by atoms with Crippen molar-refractivity contribution in [1.82, 2.24) is 5.32 Å². The summed E-state index contributed by atoms with van der Waals surface area (Å²) in [5.41, 5.74) is 0.822. The topological polar surface area (TPSA) is 72.0 Å². The predicted molar refractivity (Wildman–Crippen MR) is 122 cm³/mol. The largest absolute Gasteiger partial charge is 0.493 e. The van der Waals surface area contributed by atoms with Crippen LogP contribution in [-0.2, 0) is 10.8 Å². The number of aliphatic imine (C=N–C) groups is 1. The van der Waals surface area contributed by atoms with Gasteiger partial charge in [0.1, 0.15) is 0 Å². The lowest BCUT2D eigenvalue weighted by molar-refractivity contribution is 0.311. The number of hydrogen-bond acceptors (Lipinski definition) is 4. The third kappa shape index (κ3) is 7.37. The van der Waals surface area contributed by atoms with E-state index in [1.54, 1.807) is 14.2 Å². The van der Waals surface area contributed by atoms with Crippen molar-refractivity contribution in [3.63, 3.8) is 0 Å². The fourth-order valence-electron chi connectivity index (χ4n) is 2.29. The zero-order valence-corrected chi connectivity index (χ0v) is 18.9. The molecule has 2 aromatic rings. The van der Waals surface area contributed by atoms with E-state index >= 15 is 0 Å². The molecule has 8 heteroatoms.